The van der Waals surface area contributed by atoms with Crippen molar-refractivity contribution in [2.24, 2.45) is 5.10 Å². The molecule has 0 fully saturated rings. The Balaban J connectivity index is 2.14. The van der Waals surface area contributed by atoms with Crippen LogP contribution in [0.5, 0.6) is 5.75 Å². The van der Waals surface area contributed by atoms with Crippen LogP contribution in [0.1, 0.15) is 16.1 Å². The predicted octanol–water partition coefficient (Wildman–Crippen LogP) is 3.36. The van der Waals surface area contributed by atoms with E-state index in [1.165, 1.54) is 25.7 Å². The van der Waals surface area contributed by atoms with E-state index in [2.05, 4.69) is 10.5 Å². The molecule has 0 unspecified atom stereocenters. The maximum Gasteiger partial charge on any atom is 0.307 e. The summed E-state index contributed by atoms with van der Waals surface area (Å²) in [7, 11) is 1.49. The molecule has 5 nitrogen and oxygen atoms in total. The van der Waals surface area contributed by atoms with Gasteiger partial charge >= 0.3 is 5.91 Å². The number of hydrogen-bond acceptors (Lipinski definition) is 4. The van der Waals surface area contributed by atoms with E-state index >= 15 is 0 Å². The lowest BCUT2D eigenvalue weighted by Gasteiger charge is -2.06. The number of nitrogens with one attached hydrogen (secondary N) is 1. The van der Waals surface area contributed by atoms with Crippen molar-refractivity contribution >= 4 is 35.3 Å². The van der Waals surface area contributed by atoms with Gasteiger partial charge < -0.3 is 9.15 Å². The second kappa shape index (κ2) is 6.45. The Kier molecular flexibility index (Phi) is 4.65. The highest BCUT2D eigenvalue weighted by Crippen LogP contribution is 2.31. The zero-order chi connectivity index (χ0) is 14.5. The number of halogens is 2. The molecule has 1 aromatic heterocycles. The molecule has 1 aromatic carbocycles. The van der Waals surface area contributed by atoms with Gasteiger partial charge in [0.2, 0.25) is 0 Å². The van der Waals surface area contributed by atoms with Gasteiger partial charge in [-0.25, -0.2) is 5.43 Å². The lowest BCUT2D eigenvalue weighted by Crippen LogP contribution is -2.16. The number of rotatable bonds is 4. The van der Waals surface area contributed by atoms with Gasteiger partial charge in [-0.2, -0.15) is 5.10 Å². The van der Waals surface area contributed by atoms with E-state index in [4.69, 9.17) is 32.4 Å². The Morgan fingerprint density at radius 1 is 1.40 bits per heavy atom. The maximum absolute atomic E-state index is 11.6. The van der Waals surface area contributed by atoms with E-state index in [1.54, 1.807) is 18.2 Å². The monoisotopic (exact) mass is 312 g/mol. The molecule has 0 atom stereocenters. The Bertz CT molecular complexity index is 639. The molecule has 2 rings (SSSR count). The molecular weight excluding hydrogens is 303 g/mol. The van der Waals surface area contributed by atoms with Crippen LogP contribution in [0.2, 0.25) is 10.0 Å². The van der Waals surface area contributed by atoms with Gasteiger partial charge in [0.05, 0.1) is 29.6 Å². The fourth-order valence-corrected chi connectivity index (χ4v) is 1.99. The molecule has 1 amide bonds. The molecule has 20 heavy (non-hydrogen) atoms. The second-order valence-electron chi connectivity index (χ2n) is 3.65. The molecule has 2 aromatic rings. The van der Waals surface area contributed by atoms with E-state index in [0.717, 1.165) is 0 Å². The van der Waals surface area contributed by atoms with Crippen LogP contribution < -0.4 is 10.2 Å². The minimum absolute atomic E-state index is 0.157. The van der Waals surface area contributed by atoms with Crippen molar-refractivity contribution in [3.63, 3.8) is 0 Å². The van der Waals surface area contributed by atoms with E-state index in [-0.39, 0.29) is 5.76 Å². The van der Waals surface area contributed by atoms with E-state index in [9.17, 15) is 4.79 Å². The number of benzene rings is 1. The highest BCUT2D eigenvalue weighted by atomic mass is 35.5. The molecule has 0 aliphatic rings. The number of carbonyl (C=O) groups is 1. The van der Waals surface area contributed by atoms with E-state index in [1.807, 2.05) is 0 Å². The van der Waals surface area contributed by atoms with Gasteiger partial charge in [0.15, 0.2) is 5.76 Å². The maximum atomic E-state index is 11.6. The number of methoxy groups -OCH3 is 1. The smallest absolute Gasteiger partial charge is 0.307 e. The highest BCUT2D eigenvalue weighted by molar-refractivity contribution is 6.39. The average molecular weight is 313 g/mol. The molecule has 0 aliphatic heterocycles. The number of nitrogens with zero attached hydrogens (tertiary/aromatic N) is 1. The van der Waals surface area contributed by atoms with Crippen LogP contribution in [-0.2, 0) is 0 Å². The van der Waals surface area contributed by atoms with Crippen LogP contribution in [0.15, 0.2) is 40.0 Å². The first-order chi connectivity index (χ1) is 9.63. The van der Waals surface area contributed by atoms with Crippen molar-refractivity contribution in [1.82, 2.24) is 5.43 Å². The van der Waals surface area contributed by atoms with Crippen LogP contribution in [0.3, 0.4) is 0 Å². The quantitative estimate of drug-likeness (QED) is 0.695. The third kappa shape index (κ3) is 3.12. The number of carbonyl (C=O) groups excluding carboxylic acids is 1. The van der Waals surface area contributed by atoms with Crippen molar-refractivity contribution in [2.45, 2.75) is 0 Å². The minimum atomic E-state index is -0.471. The fraction of sp³-hybridized carbons (Fsp3) is 0.0769. The van der Waals surface area contributed by atoms with Crippen LogP contribution in [0.4, 0.5) is 0 Å². The summed E-state index contributed by atoms with van der Waals surface area (Å²) in [4.78, 5) is 11.6. The molecule has 0 saturated carbocycles. The Labute approximate surface area is 125 Å². The molecule has 0 saturated heterocycles. The molecule has 0 aliphatic carbocycles. The van der Waals surface area contributed by atoms with E-state index < -0.39 is 5.91 Å². The van der Waals surface area contributed by atoms with Gasteiger partial charge in [0, 0.05) is 5.56 Å². The normalized spacial score (nSPS) is 10.8. The molecule has 0 spiro atoms. The zero-order valence-electron chi connectivity index (χ0n) is 10.4. The largest absolute Gasteiger partial charge is 0.495 e. The first-order valence-electron chi connectivity index (χ1n) is 5.52. The second-order valence-corrected chi connectivity index (χ2v) is 4.44. The number of hydrazone groups is 1. The summed E-state index contributed by atoms with van der Waals surface area (Å²) in [5.41, 5.74) is 2.76. The number of amides is 1. The van der Waals surface area contributed by atoms with Crippen LogP contribution in [-0.4, -0.2) is 19.2 Å². The summed E-state index contributed by atoms with van der Waals surface area (Å²) in [5.74, 6) is 0.154. The van der Waals surface area contributed by atoms with Crippen LogP contribution in [0, 0.1) is 0 Å². The summed E-state index contributed by atoms with van der Waals surface area (Å²) in [6.07, 6.45) is 2.74. The Hall–Kier alpha value is -1.98. The van der Waals surface area contributed by atoms with Crippen LogP contribution >= 0.6 is 23.2 Å². The van der Waals surface area contributed by atoms with Crippen molar-refractivity contribution in [3.8, 4) is 5.75 Å². The van der Waals surface area contributed by atoms with Crippen molar-refractivity contribution < 1.29 is 13.9 Å². The summed E-state index contributed by atoms with van der Waals surface area (Å²) in [6.45, 7) is 0. The topological polar surface area (TPSA) is 63.8 Å². The van der Waals surface area contributed by atoms with Crippen molar-refractivity contribution in [2.75, 3.05) is 7.11 Å². The molecular formula is C13H10Cl2N2O3. The third-order valence-corrected chi connectivity index (χ3v) is 3.14. The van der Waals surface area contributed by atoms with Gasteiger partial charge in [-0.05, 0) is 24.3 Å². The molecule has 1 N–H and O–H groups in total. The standard InChI is InChI=1S/C13H10Cl2N2O3/c1-19-10-5-4-9(14)8(12(10)15)7-16-17-13(18)11-3-2-6-20-11/h2-7H,1H3,(H,17,18)/b16-7+. The lowest BCUT2D eigenvalue weighted by molar-refractivity contribution is 0.0927. The summed E-state index contributed by atoms with van der Waals surface area (Å²) in [6, 6.07) is 6.40. The average Bonchev–Trinajstić information content (AvgIpc) is 2.96. The summed E-state index contributed by atoms with van der Waals surface area (Å²) >= 11 is 12.1. The fourth-order valence-electron chi connectivity index (χ4n) is 1.44. The SMILES string of the molecule is COc1ccc(Cl)c(/C=N/NC(=O)c2ccco2)c1Cl. The van der Waals surface area contributed by atoms with Crippen LogP contribution in [0.25, 0.3) is 0 Å². The van der Waals surface area contributed by atoms with Gasteiger partial charge in [0.1, 0.15) is 5.75 Å². The number of ether oxygens (including phenoxy) is 1. The summed E-state index contributed by atoms with van der Waals surface area (Å²) in [5, 5.41) is 4.50. The first kappa shape index (κ1) is 14.4. The summed E-state index contributed by atoms with van der Waals surface area (Å²) < 4.78 is 10.00. The van der Waals surface area contributed by atoms with Crippen molar-refractivity contribution in [3.05, 3.63) is 51.9 Å². The molecule has 104 valence electrons. The zero-order valence-corrected chi connectivity index (χ0v) is 11.9. The Morgan fingerprint density at radius 3 is 2.85 bits per heavy atom. The van der Waals surface area contributed by atoms with E-state index in [0.29, 0.717) is 21.4 Å². The number of hydrogen-bond donors (Lipinski definition) is 1. The Morgan fingerprint density at radius 2 is 2.20 bits per heavy atom. The van der Waals surface area contributed by atoms with Gasteiger partial charge in [-0.15, -0.1) is 0 Å². The third-order valence-electron chi connectivity index (χ3n) is 2.42. The molecule has 0 bridgehead atoms. The molecule has 7 heteroatoms. The number of furan rings is 1. The molecule has 1 heterocycles. The highest BCUT2D eigenvalue weighted by Gasteiger charge is 2.10. The van der Waals surface area contributed by atoms with Crippen molar-refractivity contribution in [1.29, 1.82) is 0 Å². The predicted molar refractivity (Wildman–Crippen MR) is 76.8 cm³/mol. The lowest BCUT2D eigenvalue weighted by atomic mass is 10.2. The first-order valence-corrected chi connectivity index (χ1v) is 6.28. The van der Waals surface area contributed by atoms with Gasteiger partial charge in [-0.1, -0.05) is 23.2 Å². The van der Waals surface area contributed by atoms with Gasteiger partial charge in [-0.3, -0.25) is 4.79 Å². The molecule has 0 radical (unpaired) electrons. The minimum Gasteiger partial charge on any atom is -0.495 e. The van der Waals surface area contributed by atoms with Gasteiger partial charge in [0.25, 0.3) is 0 Å².